The second kappa shape index (κ2) is 6.90. The van der Waals surface area contributed by atoms with Gasteiger partial charge in [-0.1, -0.05) is 12.2 Å². The van der Waals surface area contributed by atoms with E-state index in [9.17, 15) is 14.0 Å². The zero-order chi connectivity index (χ0) is 13.5. The number of halogens is 1. The molecule has 1 atom stereocenters. The minimum atomic E-state index is -0.651. The molecule has 18 heavy (non-hydrogen) atoms. The Labute approximate surface area is 104 Å². The molecule has 0 fully saturated rings. The fraction of sp³-hybridized carbons (Fsp3) is 0.500. The van der Waals surface area contributed by atoms with Crippen molar-refractivity contribution in [3.05, 3.63) is 23.6 Å². The van der Waals surface area contributed by atoms with Crippen LogP contribution in [0.3, 0.4) is 0 Å². The molecule has 0 N–H and O–H groups in total. The predicted octanol–water partition coefficient (Wildman–Crippen LogP) is 1.64. The van der Waals surface area contributed by atoms with Crippen LogP contribution in [0.15, 0.2) is 23.6 Å². The zero-order valence-corrected chi connectivity index (χ0v) is 10.3. The molecule has 0 aromatic rings. The number of hydrogen-bond acceptors (Lipinski definition) is 5. The van der Waals surface area contributed by atoms with Gasteiger partial charge in [-0.15, -0.1) is 0 Å². The molecule has 0 bridgehead atoms. The lowest BCUT2D eigenvalue weighted by Gasteiger charge is -2.16. The zero-order valence-electron chi connectivity index (χ0n) is 10.3. The van der Waals surface area contributed by atoms with Crippen LogP contribution in [0.4, 0.5) is 4.39 Å². The highest BCUT2D eigenvalue weighted by Crippen LogP contribution is 2.24. The fourth-order valence-electron chi connectivity index (χ4n) is 1.39. The van der Waals surface area contributed by atoms with Crippen molar-refractivity contribution in [3.8, 4) is 0 Å². The average molecular weight is 258 g/mol. The molecule has 6 heteroatoms. The van der Waals surface area contributed by atoms with E-state index in [0.29, 0.717) is 0 Å². The van der Waals surface area contributed by atoms with Crippen LogP contribution in [0.2, 0.25) is 0 Å². The van der Waals surface area contributed by atoms with Crippen molar-refractivity contribution < 1.29 is 28.2 Å². The number of allylic oxidation sites excluding steroid dienone is 1. The summed E-state index contributed by atoms with van der Waals surface area (Å²) in [6, 6.07) is 0. The minimum absolute atomic E-state index is 0.111. The standard InChI is InChI=1S/C12H15FO5/c1-8(14)17-7-18-12(15)5-9-3-4-10(16-2)6-11(9)13/h3-4,10H,5-7H2,1-2H3. The molecule has 0 radical (unpaired) electrons. The second-order valence-corrected chi connectivity index (χ2v) is 3.71. The molecule has 0 aliphatic heterocycles. The first-order valence-corrected chi connectivity index (χ1v) is 5.40. The molecule has 0 spiro atoms. The lowest BCUT2D eigenvalue weighted by Crippen LogP contribution is -2.15. The Bertz CT molecular complexity index is 386. The molecular weight excluding hydrogens is 243 g/mol. The third kappa shape index (κ3) is 4.67. The highest BCUT2D eigenvalue weighted by atomic mass is 19.1. The van der Waals surface area contributed by atoms with Gasteiger partial charge < -0.3 is 14.2 Å². The van der Waals surface area contributed by atoms with Crippen molar-refractivity contribution in [3.63, 3.8) is 0 Å². The average Bonchev–Trinajstić information content (AvgIpc) is 2.31. The number of ether oxygens (including phenoxy) is 3. The molecule has 0 amide bonds. The predicted molar refractivity (Wildman–Crippen MR) is 60.0 cm³/mol. The summed E-state index contributed by atoms with van der Waals surface area (Å²) >= 11 is 0. The number of carbonyl (C=O) groups is 2. The fourth-order valence-corrected chi connectivity index (χ4v) is 1.39. The Kier molecular flexibility index (Phi) is 5.51. The Hall–Kier alpha value is -1.69. The highest BCUT2D eigenvalue weighted by Gasteiger charge is 2.18. The van der Waals surface area contributed by atoms with Gasteiger partial charge in [0.15, 0.2) is 0 Å². The van der Waals surface area contributed by atoms with Gasteiger partial charge in [0, 0.05) is 20.5 Å². The SMILES string of the molecule is COC1C=CC(CC(=O)OCOC(C)=O)=C(F)C1. The summed E-state index contributed by atoms with van der Waals surface area (Å²) in [4.78, 5) is 21.7. The summed E-state index contributed by atoms with van der Waals surface area (Å²) in [6.07, 6.45) is 2.79. The van der Waals surface area contributed by atoms with Crippen molar-refractivity contribution in [2.45, 2.75) is 25.9 Å². The molecule has 1 unspecified atom stereocenters. The third-order valence-corrected chi connectivity index (χ3v) is 2.36. The van der Waals surface area contributed by atoms with Crippen LogP contribution in [-0.4, -0.2) is 31.9 Å². The van der Waals surface area contributed by atoms with E-state index in [4.69, 9.17) is 4.74 Å². The Morgan fingerprint density at radius 2 is 2.17 bits per heavy atom. The largest absolute Gasteiger partial charge is 0.428 e. The molecule has 100 valence electrons. The van der Waals surface area contributed by atoms with Crippen LogP contribution in [0.25, 0.3) is 0 Å². The number of methoxy groups -OCH3 is 1. The second-order valence-electron chi connectivity index (χ2n) is 3.71. The lowest BCUT2D eigenvalue weighted by atomic mass is 10.0. The van der Waals surface area contributed by atoms with Gasteiger partial charge in [-0.25, -0.2) is 4.39 Å². The van der Waals surface area contributed by atoms with Crippen molar-refractivity contribution in [1.29, 1.82) is 0 Å². The van der Waals surface area contributed by atoms with Crippen molar-refractivity contribution in [2.24, 2.45) is 0 Å². The van der Waals surface area contributed by atoms with Gasteiger partial charge in [-0.2, -0.15) is 0 Å². The minimum Gasteiger partial charge on any atom is -0.428 e. The Balaban J connectivity index is 2.41. The first-order chi connectivity index (χ1) is 8.52. The topological polar surface area (TPSA) is 61.8 Å². The van der Waals surface area contributed by atoms with Crippen LogP contribution in [0.5, 0.6) is 0 Å². The van der Waals surface area contributed by atoms with Crippen molar-refractivity contribution in [1.82, 2.24) is 0 Å². The summed E-state index contributed by atoms with van der Waals surface area (Å²) in [5.41, 5.74) is 0.260. The van der Waals surface area contributed by atoms with Crippen molar-refractivity contribution in [2.75, 3.05) is 13.9 Å². The highest BCUT2D eigenvalue weighted by molar-refractivity contribution is 5.73. The summed E-state index contributed by atoms with van der Waals surface area (Å²) in [5.74, 6) is -1.59. The van der Waals surface area contributed by atoms with Gasteiger partial charge in [0.25, 0.3) is 0 Å². The van der Waals surface area contributed by atoms with Gasteiger partial charge in [-0.3, -0.25) is 9.59 Å². The van der Waals surface area contributed by atoms with Gasteiger partial charge in [0.05, 0.1) is 12.5 Å². The molecule has 0 aromatic heterocycles. The number of hydrogen-bond donors (Lipinski definition) is 0. The molecular formula is C12H15FO5. The molecule has 0 saturated carbocycles. The maximum absolute atomic E-state index is 13.6. The van der Waals surface area contributed by atoms with E-state index in [-0.39, 0.29) is 24.5 Å². The van der Waals surface area contributed by atoms with E-state index < -0.39 is 24.6 Å². The molecule has 0 saturated heterocycles. The Morgan fingerprint density at radius 3 is 2.72 bits per heavy atom. The first-order valence-electron chi connectivity index (χ1n) is 5.40. The van der Waals surface area contributed by atoms with Crippen LogP contribution in [-0.2, 0) is 23.8 Å². The van der Waals surface area contributed by atoms with E-state index in [1.165, 1.54) is 20.1 Å². The molecule has 1 aliphatic rings. The maximum atomic E-state index is 13.6. The Morgan fingerprint density at radius 1 is 1.44 bits per heavy atom. The van der Waals surface area contributed by atoms with Crippen LogP contribution >= 0.6 is 0 Å². The van der Waals surface area contributed by atoms with Gasteiger partial charge in [0.2, 0.25) is 6.79 Å². The van der Waals surface area contributed by atoms with Gasteiger partial charge >= 0.3 is 11.9 Å². The number of carbonyl (C=O) groups excluding carboxylic acids is 2. The lowest BCUT2D eigenvalue weighted by molar-refractivity contribution is -0.165. The summed E-state index contributed by atoms with van der Waals surface area (Å²) in [7, 11) is 1.49. The van der Waals surface area contributed by atoms with Gasteiger partial charge in [0.1, 0.15) is 5.83 Å². The third-order valence-electron chi connectivity index (χ3n) is 2.36. The monoisotopic (exact) mass is 258 g/mol. The molecule has 5 nitrogen and oxygen atoms in total. The van der Waals surface area contributed by atoms with Crippen LogP contribution in [0, 0.1) is 0 Å². The molecule has 0 aromatic carbocycles. The molecule has 1 rings (SSSR count). The van der Waals surface area contributed by atoms with E-state index in [2.05, 4.69) is 9.47 Å². The first kappa shape index (κ1) is 14.4. The maximum Gasteiger partial charge on any atom is 0.313 e. The van der Waals surface area contributed by atoms with Gasteiger partial charge in [-0.05, 0) is 5.57 Å². The summed E-state index contributed by atoms with van der Waals surface area (Å²) in [6.45, 7) is 0.748. The van der Waals surface area contributed by atoms with Crippen LogP contribution < -0.4 is 0 Å². The normalized spacial score (nSPS) is 18.7. The number of esters is 2. The van der Waals surface area contributed by atoms with E-state index in [1.54, 1.807) is 6.08 Å². The number of rotatable bonds is 5. The van der Waals surface area contributed by atoms with Crippen molar-refractivity contribution >= 4 is 11.9 Å². The van der Waals surface area contributed by atoms with E-state index in [1.807, 2.05) is 0 Å². The molecule has 1 aliphatic carbocycles. The van der Waals surface area contributed by atoms with Crippen LogP contribution in [0.1, 0.15) is 19.8 Å². The smallest absolute Gasteiger partial charge is 0.313 e. The van der Waals surface area contributed by atoms with E-state index in [0.717, 1.165) is 0 Å². The summed E-state index contributed by atoms with van der Waals surface area (Å²) in [5, 5.41) is 0. The quantitative estimate of drug-likeness (QED) is 0.554. The molecule has 0 heterocycles. The summed E-state index contributed by atoms with van der Waals surface area (Å²) < 4.78 is 27.6. The van der Waals surface area contributed by atoms with E-state index >= 15 is 0 Å².